The molecule has 1 heteroatoms. The van der Waals surface area contributed by atoms with Gasteiger partial charge in [0, 0.05) is 11.1 Å². The van der Waals surface area contributed by atoms with Crippen LogP contribution in [0, 0.1) is 0 Å². The summed E-state index contributed by atoms with van der Waals surface area (Å²) in [6.45, 7) is 0. The van der Waals surface area contributed by atoms with Crippen LogP contribution in [0.3, 0.4) is 0 Å². The summed E-state index contributed by atoms with van der Waals surface area (Å²) >= 11 is 0. The lowest BCUT2D eigenvalue weighted by molar-refractivity contribution is 0.103. The van der Waals surface area contributed by atoms with Gasteiger partial charge in [0.05, 0.1) is 5.41 Å². The summed E-state index contributed by atoms with van der Waals surface area (Å²) in [6, 6.07) is 42.3. The second-order valence-electron chi connectivity index (χ2n) is 8.84. The predicted octanol–water partition coefficient (Wildman–Crippen LogP) is 7.26. The highest BCUT2D eigenvalue weighted by Gasteiger charge is 2.51. The lowest BCUT2D eigenvalue weighted by Crippen LogP contribution is -2.36. The van der Waals surface area contributed by atoms with E-state index in [1.54, 1.807) is 0 Å². The molecule has 0 aromatic heterocycles. The molecule has 154 valence electrons. The molecule has 5 aromatic rings. The number of carbonyl (C=O) groups excluding carboxylic acids is 1. The highest BCUT2D eigenvalue weighted by Crippen LogP contribution is 2.59. The molecule has 0 bridgehead atoms. The van der Waals surface area contributed by atoms with Crippen molar-refractivity contribution in [3.63, 3.8) is 0 Å². The summed E-state index contributed by atoms with van der Waals surface area (Å²) in [4.78, 5) is 13.6. The molecule has 2 aliphatic rings. The molecule has 0 radical (unpaired) electrons. The molecule has 1 nitrogen and oxygen atoms in total. The van der Waals surface area contributed by atoms with Crippen LogP contribution in [0.2, 0.25) is 0 Å². The van der Waals surface area contributed by atoms with Crippen LogP contribution in [-0.2, 0) is 5.41 Å². The summed E-state index contributed by atoms with van der Waals surface area (Å²) in [6.07, 6.45) is 0. The van der Waals surface area contributed by atoms with Crippen molar-refractivity contribution in [2.45, 2.75) is 5.41 Å². The molecule has 0 unspecified atom stereocenters. The fraction of sp³-hybridized carbons (Fsp3) is 0.0312. The Morgan fingerprint density at radius 1 is 0.394 bits per heavy atom. The highest BCUT2D eigenvalue weighted by molar-refractivity contribution is 6.15. The third-order valence-corrected chi connectivity index (χ3v) is 7.30. The molecule has 0 fully saturated rings. The zero-order valence-electron chi connectivity index (χ0n) is 18.0. The number of hydrogen-bond donors (Lipinski definition) is 0. The average molecular weight is 421 g/mol. The maximum absolute atomic E-state index is 13.6. The van der Waals surface area contributed by atoms with Crippen molar-refractivity contribution in [3.05, 3.63) is 155 Å². The minimum absolute atomic E-state index is 0.108. The van der Waals surface area contributed by atoms with E-state index < -0.39 is 5.41 Å². The van der Waals surface area contributed by atoms with Gasteiger partial charge in [-0.2, -0.15) is 0 Å². The zero-order chi connectivity index (χ0) is 22.0. The molecule has 33 heavy (non-hydrogen) atoms. The van der Waals surface area contributed by atoms with Gasteiger partial charge in [0.1, 0.15) is 0 Å². The van der Waals surface area contributed by atoms with Crippen molar-refractivity contribution < 1.29 is 4.79 Å². The fourth-order valence-corrected chi connectivity index (χ4v) is 5.98. The van der Waals surface area contributed by atoms with E-state index in [-0.39, 0.29) is 5.78 Å². The van der Waals surface area contributed by atoms with Crippen molar-refractivity contribution in [2.24, 2.45) is 0 Å². The minimum Gasteiger partial charge on any atom is -0.289 e. The zero-order valence-corrected chi connectivity index (χ0v) is 18.0. The molecule has 1 spiro atoms. The van der Waals surface area contributed by atoms with E-state index in [1.165, 1.54) is 33.4 Å². The molecule has 5 aromatic carbocycles. The standard InChI is InChI=1S/C32H20O/c33-31-25-13-5-8-16-28(25)32(29-17-9-6-14-26(29)31)27-15-7-4-12-23(27)24-19-18-22(20-30(24)32)21-10-2-1-3-11-21/h1-20H. The molecule has 0 N–H and O–H groups in total. The summed E-state index contributed by atoms with van der Waals surface area (Å²) in [7, 11) is 0. The maximum Gasteiger partial charge on any atom is 0.193 e. The Balaban J connectivity index is 1.66. The highest BCUT2D eigenvalue weighted by atomic mass is 16.1. The number of ketones is 1. The maximum atomic E-state index is 13.6. The lowest BCUT2D eigenvalue weighted by atomic mass is 9.61. The topological polar surface area (TPSA) is 17.1 Å². The molecule has 7 rings (SSSR count). The third kappa shape index (κ3) is 2.29. The van der Waals surface area contributed by atoms with Crippen molar-refractivity contribution >= 4 is 5.78 Å². The molecule has 0 atom stereocenters. The van der Waals surface area contributed by atoms with Gasteiger partial charge in [-0.05, 0) is 50.6 Å². The summed E-state index contributed by atoms with van der Waals surface area (Å²) in [5, 5.41) is 0. The van der Waals surface area contributed by atoms with Crippen LogP contribution in [0.4, 0.5) is 0 Å². The van der Waals surface area contributed by atoms with E-state index in [4.69, 9.17) is 0 Å². The Labute approximate surface area is 193 Å². The number of fused-ring (bicyclic) bond motifs is 9. The minimum atomic E-state index is -0.516. The molecule has 0 aliphatic heterocycles. The molecule has 0 heterocycles. The SMILES string of the molecule is O=C1c2ccccc2C2(c3ccccc31)c1ccccc1-c1ccc(-c3ccccc3)cc12. The fourth-order valence-electron chi connectivity index (χ4n) is 5.98. The van der Waals surface area contributed by atoms with Gasteiger partial charge in [-0.25, -0.2) is 0 Å². The Bertz CT molecular complexity index is 1530. The first kappa shape index (κ1) is 18.4. The van der Waals surface area contributed by atoms with Crippen molar-refractivity contribution in [1.29, 1.82) is 0 Å². The Kier molecular flexibility index (Phi) is 3.69. The Morgan fingerprint density at radius 2 is 0.879 bits per heavy atom. The van der Waals surface area contributed by atoms with Gasteiger partial charge in [0.2, 0.25) is 0 Å². The first-order chi connectivity index (χ1) is 16.3. The number of hydrogen-bond acceptors (Lipinski definition) is 1. The van der Waals surface area contributed by atoms with Gasteiger partial charge in [-0.1, -0.05) is 115 Å². The van der Waals surface area contributed by atoms with Gasteiger partial charge in [0.15, 0.2) is 5.78 Å². The second-order valence-corrected chi connectivity index (χ2v) is 8.84. The average Bonchev–Trinajstić information content (AvgIpc) is 3.18. The monoisotopic (exact) mass is 420 g/mol. The molecule has 0 amide bonds. The molecule has 0 saturated heterocycles. The van der Waals surface area contributed by atoms with E-state index in [0.29, 0.717) is 0 Å². The van der Waals surface area contributed by atoms with Gasteiger partial charge >= 0.3 is 0 Å². The van der Waals surface area contributed by atoms with Gasteiger partial charge in [0.25, 0.3) is 0 Å². The van der Waals surface area contributed by atoms with Crippen molar-refractivity contribution in [2.75, 3.05) is 0 Å². The van der Waals surface area contributed by atoms with E-state index in [1.807, 2.05) is 30.3 Å². The third-order valence-electron chi connectivity index (χ3n) is 7.30. The summed E-state index contributed by atoms with van der Waals surface area (Å²) in [5.74, 6) is 0.108. The summed E-state index contributed by atoms with van der Waals surface area (Å²) < 4.78 is 0. The molecular weight excluding hydrogens is 400 g/mol. The van der Waals surface area contributed by atoms with E-state index in [2.05, 4.69) is 91.0 Å². The first-order valence-corrected chi connectivity index (χ1v) is 11.3. The van der Waals surface area contributed by atoms with Gasteiger partial charge in [-0.3, -0.25) is 4.79 Å². The van der Waals surface area contributed by atoms with Crippen LogP contribution in [0.15, 0.2) is 121 Å². The van der Waals surface area contributed by atoms with Crippen LogP contribution in [-0.4, -0.2) is 5.78 Å². The molecule has 0 saturated carbocycles. The number of benzene rings is 5. The van der Waals surface area contributed by atoms with Gasteiger partial charge < -0.3 is 0 Å². The largest absolute Gasteiger partial charge is 0.289 e. The summed E-state index contributed by atoms with van der Waals surface area (Å²) in [5.41, 5.74) is 10.6. The quantitative estimate of drug-likeness (QED) is 0.273. The Morgan fingerprint density at radius 3 is 1.52 bits per heavy atom. The van der Waals surface area contributed by atoms with E-state index >= 15 is 0 Å². The van der Waals surface area contributed by atoms with Crippen LogP contribution in [0.5, 0.6) is 0 Å². The first-order valence-electron chi connectivity index (χ1n) is 11.3. The van der Waals surface area contributed by atoms with E-state index in [0.717, 1.165) is 22.3 Å². The van der Waals surface area contributed by atoms with E-state index in [9.17, 15) is 4.79 Å². The number of carbonyl (C=O) groups is 1. The lowest BCUT2D eigenvalue weighted by Gasteiger charge is -2.39. The molecule has 2 aliphatic carbocycles. The van der Waals surface area contributed by atoms with Crippen molar-refractivity contribution in [1.82, 2.24) is 0 Å². The Hall–Kier alpha value is -4.23. The normalized spacial score (nSPS) is 14.4. The van der Waals surface area contributed by atoms with Crippen LogP contribution in [0.25, 0.3) is 22.3 Å². The van der Waals surface area contributed by atoms with Gasteiger partial charge in [-0.15, -0.1) is 0 Å². The predicted molar refractivity (Wildman–Crippen MR) is 133 cm³/mol. The smallest absolute Gasteiger partial charge is 0.193 e. The second kappa shape index (κ2) is 6.63. The van der Waals surface area contributed by atoms with Crippen LogP contribution in [0.1, 0.15) is 38.2 Å². The molecular formula is C32H20O. The van der Waals surface area contributed by atoms with Crippen LogP contribution < -0.4 is 0 Å². The van der Waals surface area contributed by atoms with Crippen molar-refractivity contribution in [3.8, 4) is 22.3 Å². The number of rotatable bonds is 1. The van der Waals surface area contributed by atoms with Crippen LogP contribution >= 0.6 is 0 Å².